The largest absolute Gasteiger partial charge is 0.273 e. The number of benzene rings is 2. The van der Waals surface area contributed by atoms with Crippen molar-refractivity contribution >= 4 is 11.6 Å². The van der Waals surface area contributed by atoms with E-state index >= 15 is 0 Å². The van der Waals surface area contributed by atoms with Gasteiger partial charge in [-0.1, -0.05) is 35.9 Å². The second-order valence-corrected chi connectivity index (χ2v) is 7.03. The molecule has 130 valence electrons. The molecule has 1 aliphatic carbocycles. The first-order chi connectivity index (χ1) is 12.0. The van der Waals surface area contributed by atoms with Crippen LogP contribution < -0.4 is 5.43 Å². The molecule has 1 amide bonds. The molecule has 2 aromatic carbocycles. The molecule has 0 bridgehead atoms. The number of hydrogen-bond acceptors (Lipinski definition) is 2. The highest BCUT2D eigenvalue weighted by atomic mass is 16.2. The van der Waals surface area contributed by atoms with Crippen molar-refractivity contribution in [3.05, 3.63) is 69.8 Å². The lowest BCUT2D eigenvalue weighted by atomic mass is 9.90. The van der Waals surface area contributed by atoms with Crippen molar-refractivity contribution in [1.82, 2.24) is 5.43 Å². The molecule has 0 radical (unpaired) electrons. The highest BCUT2D eigenvalue weighted by Gasteiger charge is 2.11. The lowest BCUT2D eigenvalue weighted by molar-refractivity contribution is -0.120. The van der Waals surface area contributed by atoms with Gasteiger partial charge in [-0.2, -0.15) is 5.10 Å². The number of fused-ring (bicyclic) bond motifs is 1. The van der Waals surface area contributed by atoms with Crippen LogP contribution in [0.3, 0.4) is 0 Å². The minimum absolute atomic E-state index is 0.0794. The molecule has 0 aliphatic heterocycles. The molecule has 0 saturated carbocycles. The van der Waals surface area contributed by atoms with Crippen molar-refractivity contribution in [3.63, 3.8) is 0 Å². The van der Waals surface area contributed by atoms with Gasteiger partial charge in [0, 0.05) is 0 Å². The van der Waals surface area contributed by atoms with Gasteiger partial charge in [0.25, 0.3) is 0 Å². The average molecular weight is 334 g/mol. The van der Waals surface area contributed by atoms with Crippen LogP contribution in [0, 0.1) is 13.8 Å². The van der Waals surface area contributed by atoms with E-state index in [4.69, 9.17) is 0 Å². The highest BCUT2D eigenvalue weighted by Crippen LogP contribution is 2.22. The first-order valence-electron chi connectivity index (χ1n) is 9.04. The van der Waals surface area contributed by atoms with Gasteiger partial charge >= 0.3 is 0 Å². The van der Waals surface area contributed by atoms with Crippen molar-refractivity contribution in [2.24, 2.45) is 5.10 Å². The van der Waals surface area contributed by atoms with Crippen LogP contribution in [0.5, 0.6) is 0 Å². The number of hydrogen-bond donors (Lipinski definition) is 1. The summed E-state index contributed by atoms with van der Waals surface area (Å²) in [5.41, 5.74) is 10.9. The maximum atomic E-state index is 12.2. The Morgan fingerprint density at radius 1 is 1.04 bits per heavy atom. The molecule has 25 heavy (non-hydrogen) atoms. The number of nitrogens with zero attached hydrogens (tertiary/aromatic N) is 1. The van der Waals surface area contributed by atoms with Gasteiger partial charge in [0.1, 0.15) is 0 Å². The fourth-order valence-corrected chi connectivity index (χ4v) is 3.43. The van der Waals surface area contributed by atoms with E-state index in [0.717, 1.165) is 28.8 Å². The molecular formula is C22H26N2O. The van der Waals surface area contributed by atoms with Gasteiger partial charge in [0.2, 0.25) is 5.91 Å². The van der Waals surface area contributed by atoms with E-state index in [-0.39, 0.29) is 5.91 Å². The Morgan fingerprint density at radius 2 is 1.80 bits per heavy atom. The minimum atomic E-state index is -0.0794. The fourth-order valence-electron chi connectivity index (χ4n) is 3.43. The first kappa shape index (κ1) is 17.4. The van der Waals surface area contributed by atoms with Crippen molar-refractivity contribution in [3.8, 4) is 0 Å². The molecule has 0 fully saturated rings. The molecule has 0 aromatic heterocycles. The number of carbonyl (C=O) groups excluding carboxylic acids is 1. The van der Waals surface area contributed by atoms with Crippen LogP contribution in [0.15, 0.2) is 41.5 Å². The predicted molar refractivity (Wildman–Crippen MR) is 103 cm³/mol. The molecule has 0 spiro atoms. The summed E-state index contributed by atoms with van der Waals surface area (Å²) in [5, 5.41) is 4.30. The third-order valence-electron chi connectivity index (χ3n) is 4.96. The summed E-state index contributed by atoms with van der Waals surface area (Å²) in [4.78, 5) is 12.2. The second-order valence-electron chi connectivity index (χ2n) is 7.03. The summed E-state index contributed by atoms with van der Waals surface area (Å²) in [6.45, 7) is 6.04. The smallest absolute Gasteiger partial charge is 0.244 e. The number of carbonyl (C=O) groups is 1. The van der Waals surface area contributed by atoms with Crippen molar-refractivity contribution < 1.29 is 4.79 Å². The molecule has 0 saturated heterocycles. The molecule has 0 heterocycles. The van der Waals surface area contributed by atoms with Gasteiger partial charge in [-0.25, -0.2) is 5.43 Å². The molecule has 3 heteroatoms. The zero-order valence-corrected chi connectivity index (χ0v) is 15.4. The third kappa shape index (κ3) is 4.36. The summed E-state index contributed by atoms with van der Waals surface area (Å²) in [6.07, 6.45) is 5.23. The van der Waals surface area contributed by atoms with E-state index in [1.807, 2.05) is 26.0 Å². The number of rotatable bonds is 4. The number of nitrogens with one attached hydrogen (secondary N) is 1. The van der Waals surface area contributed by atoms with E-state index in [1.165, 1.54) is 36.0 Å². The summed E-state index contributed by atoms with van der Waals surface area (Å²) >= 11 is 0. The van der Waals surface area contributed by atoms with Crippen LogP contribution in [0.2, 0.25) is 0 Å². The molecule has 0 atom stereocenters. The van der Waals surface area contributed by atoms with Gasteiger partial charge in [-0.15, -0.1) is 0 Å². The third-order valence-corrected chi connectivity index (χ3v) is 4.96. The van der Waals surface area contributed by atoms with E-state index in [0.29, 0.717) is 6.42 Å². The second kappa shape index (κ2) is 7.64. The molecular weight excluding hydrogens is 308 g/mol. The van der Waals surface area contributed by atoms with Gasteiger partial charge in [0.05, 0.1) is 12.1 Å². The Morgan fingerprint density at radius 3 is 2.56 bits per heavy atom. The molecule has 3 nitrogen and oxygen atoms in total. The van der Waals surface area contributed by atoms with Crippen LogP contribution >= 0.6 is 0 Å². The highest BCUT2D eigenvalue weighted by molar-refractivity contribution is 5.99. The lowest BCUT2D eigenvalue weighted by Gasteiger charge is -2.16. The van der Waals surface area contributed by atoms with Gasteiger partial charge in [-0.3, -0.25) is 4.79 Å². The maximum absolute atomic E-state index is 12.2. The molecule has 0 unspecified atom stereocenters. The lowest BCUT2D eigenvalue weighted by Crippen LogP contribution is -2.21. The van der Waals surface area contributed by atoms with E-state index in [9.17, 15) is 4.79 Å². The Balaban J connectivity index is 1.65. The fraction of sp³-hybridized carbons (Fsp3) is 0.364. The Kier molecular flexibility index (Phi) is 5.32. The molecule has 3 rings (SSSR count). The van der Waals surface area contributed by atoms with Gasteiger partial charge < -0.3 is 0 Å². The number of amides is 1. The van der Waals surface area contributed by atoms with Crippen molar-refractivity contribution in [2.75, 3.05) is 0 Å². The van der Waals surface area contributed by atoms with Crippen LogP contribution in [0.1, 0.15) is 53.1 Å². The SMILES string of the molecule is C/C(=N/NC(=O)Cc1ccc(C)cc1C)c1ccc2c(c1)CCCC2. The summed E-state index contributed by atoms with van der Waals surface area (Å²) in [5.74, 6) is -0.0794. The maximum Gasteiger partial charge on any atom is 0.244 e. The van der Waals surface area contributed by atoms with Crippen LogP contribution in [0.25, 0.3) is 0 Å². The zero-order valence-electron chi connectivity index (χ0n) is 15.4. The molecule has 2 aromatic rings. The first-order valence-corrected chi connectivity index (χ1v) is 9.04. The van der Waals surface area contributed by atoms with Gasteiger partial charge in [-0.05, 0) is 80.3 Å². The zero-order chi connectivity index (χ0) is 17.8. The normalized spacial score (nSPS) is 14.1. The predicted octanol–water partition coefficient (Wildman–Crippen LogP) is 4.27. The molecule has 1 aliphatic rings. The minimum Gasteiger partial charge on any atom is -0.273 e. The van der Waals surface area contributed by atoms with Gasteiger partial charge in [0.15, 0.2) is 0 Å². The summed E-state index contributed by atoms with van der Waals surface area (Å²) < 4.78 is 0. The van der Waals surface area contributed by atoms with Crippen LogP contribution in [-0.2, 0) is 24.1 Å². The summed E-state index contributed by atoms with van der Waals surface area (Å²) in [6, 6.07) is 12.7. The Labute approximate surface area is 150 Å². The topological polar surface area (TPSA) is 41.5 Å². The van der Waals surface area contributed by atoms with Crippen LogP contribution in [-0.4, -0.2) is 11.6 Å². The van der Waals surface area contributed by atoms with Crippen molar-refractivity contribution in [1.29, 1.82) is 0 Å². The van der Waals surface area contributed by atoms with E-state index in [1.54, 1.807) is 0 Å². The summed E-state index contributed by atoms with van der Waals surface area (Å²) in [7, 11) is 0. The quantitative estimate of drug-likeness (QED) is 0.658. The number of hydrazone groups is 1. The van der Waals surface area contributed by atoms with E-state index in [2.05, 4.69) is 41.7 Å². The Bertz CT molecular complexity index is 821. The number of aryl methyl sites for hydroxylation is 4. The monoisotopic (exact) mass is 334 g/mol. The van der Waals surface area contributed by atoms with E-state index < -0.39 is 0 Å². The van der Waals surface area contributed by atoms with Crippen LogP contribution in [0.4, 0.5) is 0 Å². The average Bonchev–Trinajstić information content (AvgIpc) is 2.61. The standard InChI is InChI=1S/C22H26N2O/c1-15-8-9-19(16(2)12-15)14-22(25)24-23-17(3)20-11-10-18-6-4-5-7-21(18)13-20/h8-13H,4-7,14H2,1-3H3,(H,24,25)/b23-17-. The van der Waals surface area contributed by atoms with Crippen molar-refractivity contribution in [2.45, 2.75) is 52.9 Å². The Hall–Kier alpha value is -2.42. The molecule has 1 N–H and O–H groups in total.